The molecule has 1 aromatic heterocycles. The molecule has 1 rings (SSSR count). The van der Waals surface area contributed by atoms with Crippen LogP contribution in [0, 0.1) is 0 Å². The molecule has 5 nitrogen and oxygen atoms in total. The van der Waals surface area contributed by atoms with Gasteiger partial charge in [0.1, 0.15) is 6.61 Å². The van der Waals surface area contributed by atoms with Gasteiger partial charge in [-0.15, -0.1) is 11.6 Å². The van der Waals surface area contributed by atoms with E-state index in [0.717, 1.165) is 6.54 Å². The first-order valence-corrected chi connectivity index (χ1v) is 4.59. The number of carbonyl (C=O) groups is 1. The number of carboxylic acid groups (broad SMARTS) is 1. The van der Waals surface area contributed by atoms with Gasteiger partial charge in [-0.25, -0.2) is 0 Å². The number of hydrogen-bond donors (Lipinski definition) is 1. The molecule has 78 valence electrons. The summed E-state index contributed by atoms with van der Waals surface area (Å²) in [5.41, 5.74) is 0. The molecule has 0 aliphatic carbocycles. The van der Waals surface area contributed by atoms with Crippen LogP contribution >= 0.6 is 11.6 Å². The SMILES string of the molecule is CCn1cc(OCC(Cl)C(=O)O)cn1. The van der Waals surface area contributed by atoms with Crippen molar-refractivity contribution in [1.29, 1.82) is 0 Å². The van der Waals surface area contributed by atoms with Crippen LogP contribution < -0.4 is 4.74 Å². The molecule has 0 bridgehead atoms. The third-order valence-electron chi connectivity index (χ3n) is 1.60. The van der Waals surface area contributed by atoms with Crippen LogP contribution in [0.1, 0.15) is 6.92 Å². The molecule has 0 radical (unpaired) electrons. The van der Waals surface area contributed by atoms with Gasteiger partial charge < -0.3 is 9.84 Å². The van der Waals surface area contributed by atoms with Gasteiger partial charge in [0.05, 0.1) is 12.4 Å². The highest BCUT2D eigenvalue weighted by Gasteiger charge is 2.14. The van der Waals surface area contributed by atoms with Crippen LogP contribution in [0.15, 0.2) is 12.4 Å². The van der Waals surface area contributed by atoms with E-state index in [0.29, 0.717) is 5.75 Å². The lowest BCUT2D eigenvalue weighted by Gasteiger charge is -2.04. The van der Waals surface area contributed by atoms with Crippen molar-refractivity contribution in [2.75, 3.05) is 6.61 Å². The summed E-state index contributed by atoms with van der Waals surface area (Å²) >= 11 is 5.45. The Morgan fingerprint density at radius 3 is 3.07 bits per heavy atom. The van der Waals surface area contributed by atoms with Gasteiger partial charge in [-0.1, -0.05) is 0 Å². The van der Waals surface area contributed by atoms with Gasteiger partial charge in [0.2, 0.25) is 0 Å². The van der Waals surface area contributed by atoms with Crippen LogP contribution in [0.5, 0.6) is 5.75 Å². The zero-order chi connectivity index (χ0) is 10.6. The van der Waals surface area contributed by atoms with Crippen LogP contribution in [-0.4, -0.2) is 32.8 Å². The molecular weight excluding hydrogens is 208 g/mol. The second-order valence-corrected chi connectivity index (χ2v) is 3.18. The molecule has 1 unspecified atom stereocenters. The highest BCUT2D eigenvalue weighted by atomic mass is 35.5. The summed E-state index contributed by atoms with van der Waals surface area (Å²) in [5.74, 6) is -0.562. The van der Waals surface area contributed by atoms with Crippen molar-refractivity contribution >= 4 is 17.6 Å². The monoisotopic (exact) mass is 218 g/mol. The summed E-state index contributed by atoms with van der Waals surface area (Å²) in [7, 11) is 0. The van der Waals surface area contributed by atoms with Crippen molar-refractivity contribution in [2.24, 2.45) is 0 Å². The van der Waals surface area contributed by atoms with Crippen LogP contribution in [-0.2, 0) is 11.3 Å². The molecule has 1 N–H and O–H groups in total. The molecule has 1 heterocycles. The predicted molar refractivity (Wildman–Crippen MR) is 50.7 cm³/mol. The van der Waals surface area contributed by atoms with Gasteiger partial charge in [-0.05, 0) is 6.92 Å². The molecular formula is C8H11ClN2O3. The van der Waals surface area contributed by atoms with E-state index in [4.69, 9.17) is 21.4 Å². The minimum atomic E-state index is -1.09. The average molecular weight is 219 g/mol. The van der Waals surface area contributed by atoms with E-state index in [1.165, 1.54) is 6.20 Å². The Morgan fingerprint density at radius 1 is 1.86 bits per heavy atom. The number of aromatic nitrogens is 2. The van der Waals surface area contributed by atoms with Crippen molar-refractivity contribution in [3.05, 3.63) is 12.4 Å². The van der Waals surface area contributed by atoms with Gasteiger partial charge in [-0.2, -0.15) is 5.10 Å². The highest BCUT2D eigenvalue weighted by molar-refractivity contribution is 6.29. The standard InChI is InChI=1S/C8H11ClN2O3/c1-2-11-4-6(3-10-11)14-5-7(9)8(12)13/h3-4,7H,2,5H2,1H3,(H,12,13). The molecule has 0 spiro atoms. The fourth-order valence-electron chi connectivity index (χ4n) is 0.833. The fraction of sp³-hybridized carbons (Fsp3) is 0.500. The number of halogens is 1. The zero-order valence-corrected chi connectivity index (χ0v) is 8.44. The number of nitrogens with zero attached hydrogens (tertiary/aromatic N) is 2. The molecule has 14 heavy (non-hydrogen) atoms. The largest absolute Gasteiger partial charge is 0.488 e. The topological polar surface area (TPSA) is 64.3 Å². The number of hydrogen-bond acceptors (Lipinski definition) is 3. The molecule has 0 saturated carbocycles. The maximum atomic E-state index is 10.3. The Morgan fingerprint density at radius 2 is 2.57 bits per heavy atom. The Bertz CT molecular complexity index is 313. The lowest BCUT2D eigenvalue weighted by molar-refractivity contribution is -0.137. The van der Waals surface area contributed by atoms with Crippen LogP contribution in [0.25, 0.3) is 0 Å². The summed E-state index contributed by atoms with van der Waals surface area (Å²) < 4.78 is 6.80. The number of carboxylic acids is 1. The van der Waals surface area contributed by atoms with Crippen molar-refractivity contribution in [3.63, 3.8) is 0 Å². The van der Waals surface area contributed by atoms with Gasteiger partial charge in [0.15, 0.2) is 11.1 Å². The van der Waals surface area contributed by atoms with E-state index in [9.17, 15) is 4.79 Å². The number of rotatable bonds is 5. The minimum Gasteiger partial charge on any atom is -0.488 e. The van der Waals surface area contributed by atoms with E-state index < -0.39 is 11.3 Å². The van der Waals surface area contributed by atoms with E-state index >= 15 is 0 Å². The molecule has 0 amide bonds. The molecule has 0 saturated heterocycles. The molecule has 6 heteroatoms. The fourth-order valence-corrected chi connectivity index (χ4v) is 0.896. The maximum Gasteiger partial charge on any atom is 0.325 e. The smallest absolute Gasteiger partial charge is 0.325 e. The van der Waals surface area contributed by atoms with Gasteiger partial charge in [0.25, 0.3) is 0 Å². The minimum absolute atomic E-state index is 0.0632. The van der Waals surface area contributed by atoms with Crippen molar-refractivity contribution in [3.8, 4) is 5.75 Å². The Kier molecular flexibility index (Phi) is 3.76. The number of alkyl halides is 1. The maximum absolute atomic E-state index is 10.3. The summed E-state index contributed by atoms with van der Waals surface area (Å²) in [5, 5.41) is 11.4. The van der Waals surface area contributed by atoms with E-state index in [-0.39, 0.29) is 6.61 Å². The van der Waals surface area contributed by atoms with Crippen LogP contribution in [0.3, 0.4) is 0 Å². The first kappa shape index (κ1) is 10.8. The van der Waals surface area contributed by atoms with E-state index in [1.54, 1.807) is 10.9 Å². The summed E-state index contributed by atoms with van der Waals surface area (Å²) in [6.45, 7) is 2.62. The first-order chi connectivity index (χ1) is 6.63. The van der Waals surface area contributed by atoms with Crippen molar-refractivity contribution < 1.29 is 14.6 Å². The lowest BCUT2D eigenvalue weighted by Crippen LogP contribution is -2.21. The predicted octanol–water partition coefficient (Wildman–Crippen LogP) is 0.974. The average Bonchev–Trinajstić information content (AvgIpc) is 2.61. The molecule has 1 aromatic rings. The number of aryl methyl sites for hydroxylation is 1. The normalized spacial score (nSPS) is 12.4. The summed E-state index contributed by atoms with van der Waals surface area (Å²) in [6, 6.07) is 0. The molecule has 1 atom stereocenters. The zero-order valence-electron chi connectivity index (χ0n) is 7.68. The van der Waals surface area contributed by atoms with Crippen LogP contribution in [0.4, 0.5) is 0 Å². The quantitative estimate of drug-likeness (QED) is 0.749. The highest BCUT2D eigenvalue weighted by Crippen LogP contribution is 2.09. The van der Waals surface area contributed by atoms with E-state index in [1.807, 2.05) is 6.92 Å². The van der Waals surface area contributed by atoms with E-state index in [2.05, 4.69) is 5.10 Å². The summed E-state index contributed by atoms with van der Waals surface area (Å²) in [6.07, 6.45) is 3.21. The molecule has 0 aromatic carbocycles. The Balaban J connectivity index is 2.41. The number of aliphatic carboxylic acids is 1. The van der Waals surface area contributed by atoms with Gasteiger partial charge in [-0.3, -0.25) is 9.48 Å². The first-order valence-electron chi connectivity index (χ1n) is 4.15. The second-order valence-electron chi connectivity index (χ2n) is 2.65. The molecule has 0 fully saturated rings. The Labute approximate surface area is 86.2 Å². The van der Waals surface area contributed by atoms with Crippen molar-refractivity contribution in [1.82, 2.24) is 9.78 Å². The summed E-state index contributed by atoms with van der Waals surface area (Å²) in [4.78, 5) is 10.3. The number of ether oxygens (including phenoxy) is 1. The van der Waals surface area contributed by atoms with Gasteiger partial charge >= 0.3 is 5.97 Å². The second kappa shape index (κ2) is 4.85. The van der Waals surface area contributed by atoms with Gasteiger partial charge in [0, 0.05) is 6.54 Å². The van der Waals surface area contributed by atoms with Crippen LogP contribution in [0.2, 0.25) is 0 Å². The third-order valence-corrected chi connectivity index (χ3v) is 1.91. The Hall–Kier alpha value is -1.23. The molecule has 0 aliphatic rings. The lowest BCUT2D eigenvalue weighted by atomic mass is 10.4. The van der Waals surface area contributed by atoms with Crippen molar-refractivity contribution in [2.45, 2.75) is 18.8 Å². The molecule has 0 aliphatic heterocycles. The third kappa shape index (κ3) is 2.92.